The number of hydrogen-bond donors (Lipinski definition) is 1. The molecule has 2 fully saturated rings. The molecule has 16 heavy (non-hydrogen) atoms. The number of rotatable bonds is 3. The van der Waals surface area contributed by atoms with Crippen molar-refractivity contribution in [2.75, 3.05) is 46.6 Å². The fourth-order valence-corrected chi connectivity index (χ4v) is 2.69. The maximum absolute atomic E-state index is 5.59. The first kappa shape index (κ1) is 12.3. The van der Waals surface area contributed by atoms with Crippen molar-refractivity contribution in [1.29, 1.82) is 0 Å². The highest BCUT2D eigenvalue weighted by Crippen LogP contribution is 2.18. The lowest BCUT2D eigenvalue weighted by Gasteiger charge is -2.39. The maximum atomic E-state index is 5.59. The molecule has 2 saturated heterocycles. The Kier molecular flexibility index (Phi) is 4.58. The van der Waals surface area contributed by atoms with Crippen LogP contribution in [-0.2, 0) is 9.47 Å². The van der Waals surface area contributed by atoms with Gasteiger partial charge in [0, 0.05) is 37.7 Å². The van der Waals surface area contributed by atoms with E-state index in [9.17, 15) is 0 Å². The minimum atomic E-state index is 0.549. The van der Waals surface area contributed by atoms with E-state index in [1.165, 1.54) is 0 Å². The quantitative estimate of drug-likeness (QED) is 0.755. The highest BCUT2D eigenvalue weighted by Gasteiger charge is 2.29. The fraction of sp³-hybridized carbons (Fsp3) is 1.00. The molecule has 0 aromatic carbocycles. The van der Waals surface area contributed by atoms with E-state index in [0.29, 0.717) is 18.0 Å². The summed E-state index contributed by atoms with van der Waals surface area (Å²) in [4.78, 5) is 2.53. The summed E-state index contributed by atoms with van der Waals surface area (Å²) in [6.07, 6.45) is 1.14. The van der Waals surface area contributed by atoms with Gasteiger partial charge in [0.15, 0.2) is 0 Å². The van der Waals surface area contributed by atoms with Crippen LogP contribution >= 0.6 is 0 Å². The molecule has 4 nitrogen and oxygen atoms in total. The van der Waals surface area contributed by atoms with Crippen molar-refractivity contribution in [3.63, 3.8) is 0 Å². The molecule has 0 bridgehead atoms. The Labute approximate surface area is 98.3 Å². The lowest BCUT2D eigenvalue weighted by Crippen LogP contribution is -2.51. The summed E-state index contributed by atoms with van der Waals surface area (Å²) in [6.45, 7) is 8.00. The molecule has 2 aliphatic heterocycles. The summed E-state index contributed by atoms with van der Waals surface area (Å²) >= 11 is 0. The lowest BCUT2D eigenvalue weighted by molar-refractivity contribution is -0.0329. The monoisotopic (exact) mass is 228 g/mol. The van der Waals surface area contributed by atoms with Crippen LogP contribution < -0.4 is 5.32 Å². The summed E-state index contributed by atoms with van der Waals surface area (Å²) in [7, 11) is 2.06. The molecule has 0 spiro atoms. The van der Waals surface area contributed by atoms with Gasteiger partial charge >= 0.3 is 0 Å². The Morgan fingerprint density at radius 1 is 1.25 bits per heavy atom. The highest BCUT2D eigenvalue weighted by molar-refractivity contribution is 4.83. The van der Waals surface area contributed by atoms with Crippen molar-refractivity contribution < 1.29 is 9.47 Å². The van der Waals surface area contributed by atoms with Crippen LogP contribution in [0.25, 0.3) is 0 Å². The average molecular weight is 228 g/mol. The van der Waals surface area contributed by atoms with Crippen molar-refractivity contribution in [2.45, 2.75) is 25.4 Å². The Bertz CT molecular complexity index is 213. The Morgan fingerprint density at radius 3 is 2.81 bits per heavy atom. The van der Waals surface area contributed by atoms with E-state index in [1.54, 1.807) is 0 Å². The van der Waals surface area contributed by atoms with Crippen molar-refractivity contribution >= 4 is 0 Å². The van der Waals surface area contributed by atoms with Gasteiger partial charge in [-0.25, -0.2) is 0 Å². The zero-order valence-corrected chi connectivity index (χ0v) is 10.4. The minimum Gasteiger partial charge on any atom is -0.381 e. The first-order chi connectivity index (χ1) is 7.81. The summed E-state index contributed by atoms with van der Waals surface area (Å²) < 4.78 is 11.1. The number of nitrogens with one attached hydrogen (secondary N) is 1. The van der Waals surface area contributed by atoms with E-state index in [1.807, 2.05) is 0 Å². The molecule has 0 aromatic rings. The van der Waals surface area contributed by atoms with Gasteiger partial charge in [0.05, 0.1) is 19.8 Å². The smallest absolute Gasteiger partial charge is 0.0619 e. The molecule has 0 saturated carbocycles. The van der Waals surface area contributed by atoms with Crippen LogP contribution in [0.2, 0.25) is 0 Å². The third-order valence-electron chi connectivity index (χ3n) is 3.82. The van der Waals surface area contributed by atoms with Crippen LogP contribution in [0.3, 0.4) is 0 Å². The number of morpholine rings is 1. The predicted octanol–water partition coefficient (Wildman–Crippen LogP) is 0.332. The largest absolute Gasteiger partial charge is 0.381 e. The van der Waals surface area contributed by atoms with Crippen molar-refractivity contribution in [3.8, 4) is 0 Å². The van der Waals surface area contributed by atoms with Crippen LogP contribution in [0.1, 0.15) is 13.3 Å². The Hall–Kier alpha value is -0.160. The third-order valence-corrected chi connectivity index (χ3v) is 3.82. The van der Waals surface area contributed by atoms with Gasteiger partial charge in [-0.2, -0.15) is 0 Å². The summed E-state index contributed by atoms with van der Waals surface area (Å²) in [6, 6.07) is 1.16. The molecule has 3 atom stereocenters. The standard InChI is InChI=1S/C12H24N2O2/c1-10-8-16-6-4-14(10)7-11-9-15-5-3-12(11)13-2/h10-13H,3-9H2,1-2H3. The van der Waals surface area contributed by atoms with E-state index in [-0.39, 0.29) is 0 Å². The topological polar surface area (TPSA) is 33.7 Å². The molecule has 0 radical (unpaired) electrons. The second-order valence-electron chi connectivity index (χ2n) is 4.94. The first-order valence-electron chi connectivity index (χ1n) is 6.38. The molecule has 94 valence electrons. The molecular weight excluding hydrogens is 204 g/mol. The minimum absolute atomic E-state index is 0.549. The molecule has 2 rings (SSSR count). The van der Waals surface area contributed by atoms with Crippen LogP contribution in [0.15, 0.2) is 0 Å². The molecule has 0 aliphatic carbocycles. The molecule has 1 N–H and O–H groups in total. The zero-order valence-electron chi connectivity index (χ0n) is 10.4. The van der Waals surface area contributed by atoms with Gasteiger partial charge in [-0.3, -0.25) is 4.90 Å². The van der Waals surface area contributed by atoms with Gasteiger partial charge in [-0.15, -0.1) is 0 Å². The van der Waals surface area contributed by atoms with E-state index in [4.69, 9.17) is 9.47 Å². The summed E-state index contributed by atoms with van der Waals surface area (Å²) in [5, 5.41) is 3.42. The van der Waals surface area contributed by atoms with Gasteiger partial charge in [0.1, 0.15) is 0 Å². The van der Waals surface area contributed by atoms with E-state index in [0.717, 1.165) is 45.9 Å². The molecule has 3 unspecified atom stereocenters. The number of nitrogens with zero attached hydrogens (tertiary/aromatic N) is 1. The zero-order chi connectivity index (χ0) is 11.4. The second kappa shape index (κ2) is 5.96. The molecule has 2 heterocycles. The van der Waals surface area contributed by atoms with E-state index < -0.39 is 0 Å². The van der Waals surface area contributed by atoms with Crippen LogP contribution in [0.4, 0.5) is 0 Å². The maximum Gasteiger partial charge on any atom is 0.0619 e. The van der Waals surface area contributed by atoms with Crippen molar-refractivity contribution in [1.82, 2.24) is 10.2 Å². The molecular formula is C12H24N2O2. The SMILES string of the molecule is CNC1CCOCC1CN1CCOCC1C. The van der Waals surface area contributed by atoms with Gasteiger partial charge in [-0.1, -0.05) is 0 Å². The van der Waals surface area contributed by atoms with Gasteiger partial charge in [-0.05, 0) is 20.4 Å². The summed E-state index contributed by atoms with van der Waals surface area (Å²) in [5.74, 6) is 0.624. The first-order valence-corrected chi connectivity index (χ1v) is 6.38. The fourth-order valence-electron chi connectivity index (χ4n) is 2.69. The lowest BCUT2D eigenvalue weighted by atomic mass is 9.94. The molecule has 4 heteroatoms. The average Bonchev–Trinajstić information content (AvgIpc) is 2.33. The van der Waals surface area contributed by atoms with Crippen LogP contribution in [0, 0.1) is 5.92 Å². The Morgan fingerprint density at radius 2 is 2.06 bits per heavy atom. The Balaban J connectivity index is 1.86. The second-order valence-corrected chi connectivity index (χ2v) is 4.94. The van der Waals surface area contributed by atoms with E-state index in [2.05, 4.69) is 24.2 Å². The highest BCUT2D eigenvalue weighted by atomic mass is 16.5. The molecule has 2 aliphatic rings. The molecule has 0 amide bonds. The summed E-state index contributed by atoms with van der Waals surface area (Å²) in [5.41, 5.74) is 0. The number of hydrogen-bond acceptors (Lipinski definition) is 4. The van der Waals surface area contributed by atoms with E-state index >= 15 is 0 Å². The normalized spacial score (nSPS) is 37.5. The van der Waals surface area contributed by atoms with Crippen molar-refractivity contribution in [3.05, 3.63) is 0 Å². The van der Waals surface area contributed by atoms with Gasteiger partial charge < -0.3 is 14.8 Å². The van der Waals surface area contributed by atoms with Crippen LogP contribution in [0.5, 0.6) is 0 Å². The number of ether oxygens (including phenoxy) is 2. The van der Waals surface area contributed by atoms with Gasteiger partial charge in [0.2, 0.25) is 0 Å². The molecule has 0 aromatic heterocycles. The van der Waals surface area contributed by atoms with Gasteiger partial charge in [0.25, 0.3) is 0 Å². The van der Waals surface area contributed by atoms with Crippen LogP contribution in [-0.4, -0.2) is 63.5 Å². The third kappa shape index (κ3) is 2.94. The predicted molar refractivity (Wildman–Crippen MR) is 63.6 cm³/mol. The van der Waals surface area contributed by atoms with Crippen molar-refractivity contribution in [2.24, 2.45) is 5.92 Å².